The Morgan fingerprint density at radius 3 is 2.90 bits per heavy atom. The van der Waals surface area contributed by atoms with Crippen molar-refractivity contribution in [2.45, 2.75) is 32.6 Å². The first-order chi connectivity index (χ1) is 9.65. The molecule has 0 unspecified atom stereocenters. The number of nitrogens with one attached hydrogen (secondary N) is 1. The van der Waals surface area contributed by atoms with Crippen LogP contribution in [0.2, 0.25) is 5.02 Å². The van der Waals surface area contributed by atoms with Gasteiger partial charge in [0, 0.05) is 15.6 Å². The molecular weight excluding hydrogens is 290 g/mol. The molecule has 4 heteroatoms. The van der Waals surface area contributed by atoms with Crippen LogP contribution in [0.5, 0.6) is 0 Å². The average molecular weight is 306 g/mol. The molecule has 0 radical (unpaired) electrons. The highest BCUT2D eigenvalue weighted by molar-refractivity contribution is 7.14. The number of rotatable bonds is 2. The lowest BCUT2D eigenvalue weighted by atomic mass is 9.99. The fourth-order valence-corrected chi connectivity index (χ4v) is 3.85. The van der Waals surface area contributed by atoms with Crippen LogP contribution in [0.3, 0.4) is 0 Å². The molecule has 1 heterocycles. The molecule has 2 nitrogen and oxygen atoms in total. The lowest BCUT2D eigenvalue weighted by molar-refractivity contribution is 0.103. The number of carbonyl (C=O) groups is 1. The highest BCUT2D eigenvalue weighted by Gasteiger charge is 2.17. The van der Waals surface area contributed by atoms with Gasteiger partial charge < -0.3 is 5.32 Å². The summed E-state index contributed by atoms with van der Waals surface area (Å²) in [5.74, 6) is -0.0326. The molecule has 0 saturated heterocycles. The fourth-order valence-electron chi connectivity index (χ4n) is 2.53. The average Bonchev–Trinajstić information content (AvgIpc) is 2.88. The van der Waals surface area contributed by atoms with Crippen LogP contribution < -0.4 is 5.32 Å². The summed E-state index contributed by atoms with van der Waals surface area (Å²) >= 11 is 7.70. The van der Waals surface area contributed by atoms with E-state index in [0.717, 1.165) is 29.0 Å². The van der Waals surface area contributed by atoms with E-state index in [2.05, 4.69) is 5.32 Å². The second-order valence-electron chi connectivity index (χ2n) is 5.13. The Balaban J connectivity index is 1.82. The highest BCUT2D eigenvalue weighted by Crippen LogP contribution is 2.30. The minimum absolute atomic E-state index is 0.0326. The van der Waals surface area contributed by atoms with E-state index in [0.29, 0.717) is 5.02 Å². The van der Waals surface area contributed by atoms with Gasteiger partial charge in [-0.1, -0.05) is 17.7 Å². The number of halogens is 1. The molecule has 0 saturated carbocycles. The summed E-state index contributed by atoms with van der Waals surface area (Å²) < 4.78 is 0. The summed E-state index contributed by atoms with van der Waals surface area (Å²) in [6.45, 7) is 1.91. The molecule has 1 amide bonds. The van der Waals surface area contributed by atoms with Gasteiger partial charge in [-0.15, -0.1) is 11.3 Å². The summed E-state index contributed by atoms with van der Waals surface area (Å²) in [5.41, 5.74) is 3.05. The van der Waals surface area contributed by atoms with Gasteiger partial charge in [-0.2, -0.15) is 0 Å². The number of aryl methyl sites for hydroxylation is 2. The van der Waals surface area contributed by atoms with Crippen molar-refractivity contribution >= 4 is 34.5 Å². The van der Waals surface area contributed by atoms with Gasteiger partial charge in [0.1, 0.15) is 0 Å². The predicted octanol–water partition coefficient (Wildman–Crippen LogP) is 4.84. The Morgan fingerprint density at radius 2 is 2.10 bits per heavy atom. The van der Waals surface area contributed by atoms with Crippen molar-refractivity contribution in [1.29, 1.82) is 0 Å². The maximum absolute atomic E-state index is 12.4. The Morgan fingerprint density at radius 1 is 1.30 bits per heavy atom. The van der Waals surface area contributed by atoms with Gasteiger partial charge in [0.25, 0.3) is 5.91 Å². The molecule has 0 fully saturated rings. The van der Waals surface area contributed by atoms with Crippen molar-refractivity contribution < 1.29 is 4.79 Å². The molecule has 20 heavy (non-hydrogen) atoms. The largest absolute Gasteiger partial charge is 0.321 e. The quantitative estimate of drug-likeness (QED) is 0.845. The summed E-state index contributed by atoms with van der Waals surface area (Å²) in [6, 6.07) is 7.61. The molecule has 1 aromatic heterocycles. The van der Waals surface area contributed by atoms with Crippen molar-refractivity contribution in [2.24, 2.45) is 0 Å². The molecule has 0 bridgehead atoms. The van der Waals surface area contributed by atoms with Crippen LogP contribution in [-0.2, 0) is 12.8 Å². The molecule has 0 aliphatic heterocycles. The monoisotopic (exact) mass is 305 g/mol. The van der Waals surface area contributed by atoms with Crippen LogP contribution in [0.4, 0.5) is 5.69 Å². The number of carbonyl (C=O) groups excluding carboxylic acids is 1. The number of benzene rings is 1. The van der Waals surface area contributed by atoms with Crippen molar-refractivity contribution in [2.75, 3.05) is 5.32 Å². The first-order valence-electron chi connectivity index (χ1n) is 6.83. The van der Waals surface area contributed by atoms with Crippen molar-refractivity contribution in [3.63, 3.8) is 0 Å². The molecule has 1 aromatic carbocycles. The third-order valence-corrected chi connectivity index (χ3v) is 5.38. The van der Waals surface area contributed by atoms with Gasteiger partial charge in [-0.25, -0.2) is 0 Å². The van der Waals surface area contributed by atoms with Crippen molar-refractivity contribution in [3.8, 4) is 0 Å². The highest BCUT2D eigenvalue weighted by atomic mass is 35.5. The number of anilines is 1. The molecule has 0 spiro atoms. The van der Waals surface area contributed by atoms with Crippen LogP contribution in [-0.4, -0.2) is 5.91 Å². The smallest absolute Gasteiger partial charge is 0.265 e. The first-order valence-corrected chi connectivity index (χ1v) is 8.02. The molecule has 1 aliphatic carbocycles. The van der Waals surface area contributed by atoms with Crippen LogP contribution in [0.25, 0.3) is 0 Å². The van der Waals surface area contributed by atoms with E-state index >= 15 is 0 Å². The third-order valence-electron chi connectivity index (χ3n) is 3.74. The third kappa shape index (κ3) is 2.60. The Kier molecular flexibility index (Phi) is 3.81. The van der Waals surface area contributed by atoms with Gasteiger partial charge >= 0.3 is 0 Å². The lowest BCUT2D eigenvalue weighted by Gasteiger charge is -2.08. The van der Waals surface area contributed by atoms with Gasteiger partial charge in [-0.05, 0) is 61.9 Å². The maximum Gasteiger partial charge on any atom is 0.265 e. The molecule has 2 aromatic rings. The van der Waals surface area contributed by atoms with Crippen LogP contribution in [0.1, 0.15) is 38.5 Å². The Hall–Kier alpha value is -1.32. The van der Waals surface area contributed by atoms with Crippen LogP contribution in [0.15, 0.2) is 24.3 Å². The number of amides is 1. The summed E-state index contributed by atoms with van der Waals surface area (Å²) in [4.78, 5) is 14.5. The van der Waals surface area contributed by atoms with E-state index in [9.17, 15) is 4.79 Å². The normalized spacial score (nSPS) is 13.9. The minimum Gasteiger partial charge on any atom is -0.321 e. The summed E-state index contributed by atoms with van der Waals surface area (Å²) in [5, 5.41) is 3.64. The first kappa shape index (κ1) is 13.7. The lowest BCUT2D eigenvalue weighted by Crippen LogP contribution is -2.11. The van der Waals surface area contributed by atoms with Gasteiger partial charge in [0.2, 0.25) is 0 Å². The molecule has 3 rings (SSSR count). The Labute approximate surface area is 127 Å². The van der Waals surface area contributed by atoms with Crippen LogP contribution >= 0.6 is 22.9 Å². The topological polar surface area (TPSA) is 29.1 Å². The number of hydrogen-bond acceptors (Lipinski definition) is 2. The SMILES string of the molecule is Cc1c(Cl)cccc1NC(=O)c1cc2c(s1)CCCC2. The zero-order valence-corrected chi connectivity index (χ0v) is 12.9. The van der Waals surface area contributed by atoms with E-state index < -0.39 is 0 Å². The number of hydrogen-bond donors (Lipinski definition) is 1. The van der Waals surface area contributed by atoms with Crippen molar-refractivity contribution in [1.82, 2.24) is 0 Å². The van der Waals surface area contributed by atoms with Gasteiger partial charge in [0.15, 0.2) is 0 Å². The molecule has 1 N–H and O–H groups in total. The zero-order valence-electron chi connectivity index (χ0n) is 11.3. The van der Waals surface area contributed by atoms with Gasteiger partial charge in [-0.3, -0.25) is 4.79 Å². The van der Waals surface area contributed by atoms with E-state index in [1.807, 2.05) is 31.2 Å². The minimum atomic E-state index is -0.0326. The fraction of sp³-hybridized carbons (Fsp3) is 0.312. The van der Waals surface area contributed by atoms with Crippen LogP contribution in [0, 0.1) is 6.92 Å². The molecule has 104 valence electrons. The van der Waals surface area contributed by atoms with E-state index in [1.54, 1.807) is 11.3 Å². The molecule has 1 aliphatic rings. The van der Waals surface area contributed by atoms with E-state index in [-0.39, 0.29) is 5.91 Å². The Bertz CT molecular complexity index is 639. The van der Waals surface area contributed by atoms with Crippen molar-refractivity contribution in [3.05, 3.63) is 50.2 Å². The summed E-state index contributed by atoms with van der Waals surface area (Å²) in [6.07, 6.45) is 4.69. The van der Waals surface area contributed by atoms with E-state index in [4.69, 9.17) is 11.6 Å². The number of thiophene rings is 1. The second-order valence-corrected chi connectivity index (χ2v) is 6.68. The molecular formula is C16H16ClNOS. The molecule has 0 atom stereocenters. The predicted molar refractivity (Wildman–Crippen MR) is 85.1 cm³/mol. The van der Waals surface area contributed by atoms with Gasteiger partial charge in [0.05, 0.1) is 4.88 Å². The summed E-state index contributed by atoms with van der Waals surface area (Å²) in [7, 11) is 0. The number of fused-ring (bicyclic) bond motifs is 1. The maximum atomic E-state index is 12.4. The standard InChI is InChI=1S/C16H16ClNOS/c1-10-12(17)6-4-7-13(10)18-16(19)15-9-11-5-2-3-8-14(11)20-15/h4,6-7,9H,2-3,5,8H2,1H3,(H,18,19). The second kappa shape index (κ2) is 5.58. The zero-order chi connectivity index (χ0) is 14.1. The van der Waals surface area contributed by atoms with E-state index in [1.165, 1.54) is 23.3 Å².